The molecule has 0 saturated heterocycles. The van der Waals surface area contributed by atoms with E-state index in [1.807, 2.05) is 0 Å². The van der Waals surface area contributed by atoms with Gasteiger partial charge in [-0.3, -0.25) is 4.79 Å². The van der Waals surface area contributed by atoms with Crippen molar-refractivity contribution in [1.82, 2.24) is 0 Å². The van der Waals surface area contributed by atoms with E-state index in [-0.39, 0.29) is 0 Å². The zero-order chi connectivity index (χ0) is 12.2. The molecule has 0 aliphatic heterocycles. The monoisotopic (exact) mass is 227 g/mol. The molecule has 4 nitrogen and oxygen atoms in total. The van der Waals surface area contributed by atoms with Crippen LogP contribution in [0, 0.1) is 5.92 Å². The summed E-state index contributed by atoms with van der Waals surface area (Å²) in [6, 6.07) is 0. The molecule has 0 spiro atoms. The van der Waals surface area contributed by atoms with E-state index in [1.54, 1.807) is 0 Å². The van der Waals surface area contributed by atoms with Crippen molar-refractivity contribution in [3.8, 4) is 0 Å². The fourth-order valence-corrected chi connectivity index (χ4v) is 0.691. The van der Waals surface area contributed by atoms with Gasteiger partial charge in [-0.2, -0.15) is 13.2 Å². The highest BCUT2D eigenvalue weighted by molar-refractivity contribution is 5.78. The predicted molar refractivity (Wildman–Crippen MR) is 40.4 cm³/mol. The summed E-state index contributed by atoms with van der Waals surface area (Å²) in [5.74, 6) is -3.87. The van der Waals surface area contributed by atoms with Crippen LogP contribution in [0.15, 0.2) is 0 Å². The molecule has 0 N–H and O–H groups in total. The zero-order valence-electron chi connectivity index (χ0n) is 8.13. The molecule has 2 atom stereocenters. The molecule has 88 valence electrons. The number of carboxylic acid groups (broad SMARTS) is 1. The van der Waals surface area contributed by atoms with E-state index in [9.17, 15) is 27.9 Å². The Balaban J connectivity index is 4.19. The number of alkyl halides is 3. The van der Waals surface area contributed by atoms with Gasteiger partial charge >= 0.3 is 12.1 Å². The number of esters is 1. The van der Waals surface area contributed by atoms with Crippen molar-refractivity contribution in [2.24, 2.45) is 5.92 Å². The lowest BCUT2D eigenvalue weighted by Gasteiger charge is -2.19. The predicted octanol–water partition coefficient (Wildman–Crippen LogP) is 0.256. The number of rotatable bonds is 4. The first-order chi connectivity index (χ1) is 6.64. The molecular formula is C8H10F3O4-. The Kier molecular flexibility index (Phi) is 4.57. The lowest BCUT2D eigenvalue weighted by atomic mass is 10.1. The lowest BCUT2D eigenvalue weighted by Crippen LogP contribution is -2.34. The Bertz CT molecular complexity index is 249. The molecule has 0 aliphatic carbocycles. The molecule has 0 radical (unpaired) electrons. The summed E-state index contributed by atoms with van der Waals surface area (Å²) in [5.41, 5.74) is 0. The third kappa shape index (κ3) is 5.24. The molecule has 0 aromatic heterocycles. The standard InChI is InChI=1S/C8H11F3O4/c1-4(3-6(12)13)7(14)15-5(2)8(9,10)11/h4-5H,3H2,1-2H3,(H,12,13)/p-1. The van der Waals surface area contributed by atoms with Crippen LogP contribution in [0.4, 0.5) is 13.2 Å². The van der Waals surface area contributed by atoms with Crippen molar-refractivity contribution < 1.29 is 32.6 Å². The van der Waals surface area contributed by atoms with Crippen LogP contribution in [-0.4, -0.2) is 24.2 Å². The first kappa shape index (κ1) is 13.7. The van der Waals surface area contributed by atoms with Gasteiger partial charge in [-0.05, 0) is 13.3 Å². The molecule has 0 fully saturated rings. The molecule has 2 unspecified atom stereocenters. The summed E-state index contributed by atoms with van der Waals surface area (Å²) in [6.45, 7) is 1.82. The maximum Gasteiger partial charge on any atom is 0.425 e. The topological polar surface area (TPSA) is 66.4 Å². The molecule has 0 heterocycles. The van der Waals surface area contributed by atoms with Crippen molar-refractivity contribution in [3.05, 3.63) is 0 Å². The van der Waals surface area contributed by atoms with Crippen molar-refractivity contribution in [3.63, 3.8) is 0 Å². The molecule has 0 aromatic rings. The van der Waals surface area contributed by atoms with E-state index in [1.165, 1.54) is 0 Å². The number of hydrogen-bond acceptors (Lipinski definition) is 4. The molecule has 0 amide bonds. The highest BCUT2D eigenvalue weighted by Gasteiger charge is 2.39. The summed E-state index contributed by atoms with van der Waals surface area (Å²) < 4.78 is 39.8. The zero-order valence-corrected chi connectivity index (χ0v) is 8.13. The van der Waals surface area contributed by atoms with Gasteiger partial charge in [0.05, 0.1) is 5.92 Å². The van der Waals surface area contributed by atoms with Crippen LogP contribution in [0.2, 0.25) is 0 Å². The van der Waals surface area contributed by atoms with Crippen molar-refractivity contribution in [2.75, 3.05) is 0 Å². The minimum Gasteiger partial charge on any atom is -0.550 e. The average molecular weight is 227 g/mol. The molecule has 15 heavy (non-hydrogen) atoms. The Morgan fingerprint density at radius 1 is 1.33 bits per heavy atom. The van der Waals surface area contributed by atoms with Crippen LogP contribution < -0.4 is 5.11 Å². The Labute approximate surface area is 84.0 Å². The molecule has 0 saturated carbocycles. The van der Waals surface area contributed by atoms with Gasteiger partial charge in [0.15, 0.2) is 6.10 Å². The van der Waals surface area contributed by atoms with Gasteiger partial charge in [0, 0.05) is 5.97 Å². The van der Waals surface area contributed by atoms with E-state index in [0.717, 1.165) is 6.92 Å². The highest BCUT2D eigenvalue weighted by Crippen LogP contribution is 2.23. The average Bonchev–Trinajstić information content (AvgIpc) is 2.00. The second-order valence-electron chi connectivity index (χ2n) is 3.10. The van der Waals surface area contributed by atoms with Gasteiger partial charge in [0.25, 0.3) is 0 Å². The van der Waals surface area contributed by atoms with Gasteiger partial charge in [0.1, 0.15) is 0 Å². The van der Waals surface area contributed by atoms with Crippen LogP contribution in [0.5, 0.6) is 0 Å². The van der Waals surface area contributed by atoms with Crippen LogP contribution in [0.25, 0.3) is 0 Å². The van der Waals surface area contributed by atoms with Crippen LogP contribution in [0.1, 0.15) is 20.3 Å². The minimum absolute atomic E-state index is 0.663. The number of carboxylic acids is 1. The van der Waals surface area contributed by atoms with E-state index in [0.29, 0.717) is 6.92 Å². The first-order valence-electron chi connectivity index (χ1n) is 4.11. The summed E-state index contributed by atoms with van der Waals surface area (Å²) >= 11 is 0. The second-order valence-corrected chi connectivity index (χ2v) is 3.10. The van der Waals surface area contributed by atoms with E-state index in [4.69, 9.17) is 0 Å². The summed E-state index contributed by atoms with van der Waals surface area (Å²) in [5, 5.41) is 10.1. The second kappa shape index (κ2) is 4.99. The van der Waals surface area contributed by atoms with Crippen LogP contribution in [-0.2, 0) is 14.3 Å². The van der Waals surface area contributed by atoms with Gasteiger partial charge in [-0.1, -0.05) is 6.92 Å². The number of halogens is 3. The third-order valence-corrected chi connectivity index (χ3v) is 1.63. The summed E-state index contributed by atoms with van der Waals surface area (Å²) in [4.78, 5) is 21.0. The van der Waals surface area contributed by atoms with Crippen LogP contribution >= 0.6 is 0 Å². The highest BCUT2D eigenvalue weighted by atomic mass is 19.4. The number of hydrogen-bond donors (Lipinski definition) is 0. The molecule has 0 rings (SSSR count). The lowest BCUT2D eigenvalue weighted by molar-refractivity contribution is -0.306. The minimum atomic E-state index is -4.64. The smallest absolute Gasteiger partial charge is 0.425 e. The number of carbonyl (C=O) groups excluding carboxylic acids is 2. The summed E-state index contributed by atoms with van der Waals surface area (Å²) in [6.07, 6.45) is -7.55. The van der Waals surface area contributed by atoms with Crippen LogP contribution in [0.3, 0.4) is 0 Å². The molecular weight excluding hydrogens is 217 g/mol. The third-order valence-electron chi connectivity index (χ3n) is 1.63. The Hall–Kier alpha value is -1.27. The van der Waals surface area contributed by atoms with Crippen molar-refractivity contribution in [2.45, 2.75) is 32.5 Å². The van der Waals surface area contributed by atoms with Gasteiger partial charge in [0.2, 0.25) is 0 Å². The normalized spacial score (nSPS) is 15.5. The van der Waals surface area contributed by atoms with E-state index in [2.05, 4.69) is 4.74 Å². The van der Waals surface area contributed by atoms with Crippen molar-refractivity contribution in [1.29, 1.82) is 0 Å². The van der Waals surface area contributed by atoms with E-state index < -0.39 is 36.6 Å². The van der Waals surface area contributed by atoms with Gasteiger partial charge < -0.3 is 14.6 Å². The van der Waals surface area contributed by atoms with Gasteiger partial charge in [-0.25, -0.2) is 0 Å². The Morgan fingerprint density at radius 2 is 1.80 bits per heavy atom. The van der Waals surface area contributed by atoms with Crippen molar-refractivity contribution >= 4 is 11.9 Å². The molecule has 0 aliphatic rings. The quantitative estimate of drug-likeness (QED) is 0.646. The number of carbonyl (C=O) groups is 2. The molecule has 0 aromatic carbocycles. The maximum atomic E-state index is 11.9. The fourth-order valence-electron chi connectivity index (χ4n) is 0.691. The maximum absolute atomic E-state index is 11.9. The number of aliphatic carboxylic acids is 1. The molecule has 7 heteroatoms. The SMILES string of the molecule is CC(CC(=O)[O-])C(=O)OC(C)C(F)(F)F. The van der Waals surface area contributed by atoms with Gasteiger partial charge in [-0.15, -0.1) is 0 Å². The first-order valence-corrected chi connectivity index (χ1v) is 4.11. The largest absolute Gasteiger partial charge is 0.550 e. The fraction of sp³-hybridized carbons (Fsp3) is 0.750. The Morgan fingerprint density at radius 3 is 2.13 bits per heavy atom. The molecule has 0 bridgehead atoms. The summed E-state index contributed by atoms with van der Waals surface area (Å²) in [7, 11) is 0. The number of ether oxygens (including phenoxy) is 1. The van der Waals surface area contributed by atoms with E-state index >= 15 is 0 Å².